The van der Waals surface area contributed by atoms with Gasteiger partial charge in [-0.15, -0.1) is 0 Å². The largest absolute Gasteiger partial charge is 0.489 e. The van der Waals surface area contributed by atoms with E-state index in [0.29, 0.717) is 53.0 Å². The third-order valence-corrected chi connectivity index (χ3v) is 13.9. The molecular formula is C38H36N3O5S2+. The number of ether oxygens (including phenoxy) is 1. The van der Waals surface area contributed by atoms with Crippen molar-refractivity contribution in [3.8, 4) is 28.0 Å². The maximum atomic E-state index is 15.7. The Balaban J connectivity index is 1.40. The van der Waals surface area contributed by atoms with E-state index in [1.54, 1.807) is 66.7 Å². The molecule has 0 aromatic heterocycles. The molecule has 0 radical (unpaired) electrons. The van der Waals surface area contributed by atoms with Gasteiger partial charge in [0.15, 0.2) is 11.9 Å². The van der Waals surface area contributed by atoms with Crippen LogP contribution in [0.3, 0.4) is 0 Å². The second-order valence-electron chi connectivity index (χ2n) is 12.5. The van der Waals surface area contributed by atoms with Crippen LogP contribution in [0.5, 0.6) is 5.75 Å². The molecule has 3 unspecified atom stereocenters. The van der Waals surface area contributed by atoms with Gasteiger partial charge in [-0.05, 0) is 55.2 Å². The van der Waals surface area contributed by atoms with E-state index in [0.717, 1.165) is 24.2 Å². The number of para-hydroxylation sites is 3. The fourth-order valence-electron chi connectivity index (χ4n) is 7.62. The van der Waals surface area contributed by atoms with Crippen molar-refractivity contribution in [3.63, 3.8) is 0 Å². The molecule has 48 heavy (non-hydrogen) atoms. The summed E-state index contributed by atoms with van der Waals surface area (Å²) in [4.78, 5) is 0.149. The first-order valence-electron chi connectivity index (χ1n) is 16.3. The number of nitrogens with one attached hydrogen (secondary N) is 1. The van der Waals surface area contributed by atoms with Crippen LogP contribution in [-0.4, -0.2) is 35.7 Å². The Bertz CT molecular complexity index is 2270. The molecule has 0 bridgehead atoms. The van der Waals surface area contributed by atoms with Crippen LogP contribution in [0.25, 0.3) is 22.3 Å². The van der Waals surface area contributed by atoms with Crippen molar-refractivity contribution in [1.29, 1.82) is 0 Å². The Morgan fingerprint density at radius 3 is 2.12 bits per heavy atom. The Kier molecular flexibility index (Phi) is 7.44. The first-order chi connectivity index (χ1) is 23.3. The van der Waals surface area contributed by atoms with E-state index in [4.69, 9.17) is 4.74 Å². The molecule has 3 aliphatic rings. The highest BCUT2D eigenvalue weighted by Crippen LogP contribution is 2.55. The third kappa shape index (κ3) is 4.40. The lowest BCUT2D eigenvalue weighted by Gasteiger charge is -2.51. The van der Waals surface area contributed by atoms with E-state index in [-0.39, 0.29) is 15.9 Å². The van der Waals surface area contributed by atoms with Crippen molar-refractivity contribution in [2.75, 3.05) is 11.0 Å². The van der Waals surface area contributed by atoms with E-state index in [1.165, 1.54) is 4.41 Å². The smallest absolute Gasteiger partial charge is 0.357 e. The topological polar surface area (TPSA) is 92.8 Å². The number of benzene rings is 5. The van der Waals surface area contributed by atoms with Crippen LogP contribution in [0, 0.1) is 0 Å². The minimum atomic E-state index is -4.52. The number of sulfonamides is 2. The molecular weight excluding hydrogens is 643 g/mol. The van der Waals surface area contributed by atoms with Gasteiger partial charge >= 0.3 is 20.0 Å². The highest BCUT2D eigenvalue weighted by molar-refractivity contribution is 7.96. The minimum absolute atomic E-state index is 0.0650. The molecule has 0 saturated heterocycles. The Morgan fingerprint density at radius 1 is 0.750 bits per heavy atom. The highest BCUT2D eigenvalue weighted by atomic mass is 32.2. The molecule has 3 aliphatic heterocycles. The Morgan fingerprint density at radius 2 is 1.35 bits per heavy atom. The van der Waals surface area contributed by atoms with Gasteiger partial charge < -0.3 is 4.74 Å². The fourth-order valence-corrected chi connectivity index (χ4v) is 12.2. The molecule has 0 fully saturated rings. The monoisotopic (exact) mass is 678 g/mol. The summed E-state index contributed by atoms with van der Waals surface area (Å²) in [6, 6.07) is 36.2. The molecule has 3 atom stereocenters. The van der Waals surface area contributed by atoms with Crippen molar-refractivity contribution in [3.05, 3.63) is 127 Å². The first-order valence-corrected chi connectivity index (χ1v) is 19.2. The van der Waals surface area contributed by atoms with E-state index in [2.05, 4.69) is 11.4 Å². The molecule has 8 nitrogen and oxygen atoms in total. The van der Waals surface area contributed by atoms with Gasteiger partial charge in [0.2, 0.25) is 0 Å². The van der Waals surface area contributed by atoms with Crippen molar-refractivity contribution in [2.45, 2.75) is 54.7 Å². The van der Waals surface area contributed by atoms with Gasteiger partial charge in [0, 0.05) is 41.3 Å². The maximum absolute atomic E-state index is 15.7. The van der Waals surface area contributed by atoms with E-state index in [9.17, 15) is 0 Å². The standard InChI is InChI=1S/C38H36N3O5S2/c1-2-13-38(39-26-28-25-24-27-14-3-10-21-35(27)46-28)41(34-20-9-5-16-30(34)32-18-7-12-23-37(32)48(41,44)45)40-33-19-8-4-15-29(33)31-17-6-11-22-36(31)47(40,42)43/h3-12,14-23,28,38-39H,2,13,24-26H2,1H3/q+1. The normalized spacial score (nSPS) is 21.8. The molecule has 10 heteroatoms. The van der Waals surface area contributed by atoms with Crippen molar-refractivity contribution >= 4 is 31.4 Å². The van der Waals surface area contributed by atoms with Crippen LogP contribution in [0.15, 0.2) is 131 Å². The zero-order chi connectivity index (χ0) is 33.1. The summed E-state index contributed by atoms with van der Waals surface area (Å²) in [5, 5.41) is 3.61. The fraction of sp³-hybridized carbons (Fsp3) is 0.211. The molecule has 0 amide bonds. The number of rotatable bonds is 7. The van der Waals surface area contributed by atoms with Crippen LogP contribution < -0.4 is 18.5 Å². The van der Waals surface area contributed by atoms with Gasteiger partial charge in [-0.25, -0.2) is 0 Å². The molecule has 5 aromatic carbocycles. The zero-order valence-electron chi connectivity index (χ0n) is 26.5. The minimum Gasteiger partial charge on any atom is -0.489 e. The molecule has 3 heterocycles. The van der Waals surface area contributed by atoms with Gasteiger partial charge in [-0.3, -0.25) is 5.32 Å². The summed E-state index contributed by atoms with van der Waals surface area (Å²) in [5.74, 6) is 0.820. The van der Waals surface area contributed by atoms with Crippen molar-refractivity contribution in [1.82, 2.24) is 9.31 Å². The zero-order valence-corrected chi connectivity index (χ0v) is 28.1. The maximum Gasteiger partial charge on any atom is 0.357 e. The van der Waals surface area contributed by atoms with Crippen LogP contribution in [0.2, 0.25) is 0 Å². The molecule has 1 N–H and O–H groups in total. The third-order valence-electron chi connectivity index (χ3n) is 9.70. The summed E-state index contributed by atoms with van der Waals surface area (Å²) in [6.07, 6.45) is 1.38. The summed E-state index contributed by atoms with van der Waals surface area (Å²) < 4.78 is 68.5. The summed E-state index contributed by atoms with van der Waals surface area (Å²) >= 11 is 0. The number of fused-ring (bicyclic) bond motifs is 7. The predicted octanol–water partition coefficient (Wildman–Crippen LogP) is 7.26. The van der Waals surface area contributed by atoms with Gasteiger partial charge in [-0.2, -0.15) is 16.8 Å². The van der Waals surface area contributed by atoms with Gasteiger partial charge in [-0.1, -0.05) is 100 Å². The van der Waals surface area contributed by atoms with E-state index < -0.39 is 30.2 Å². The average Bonchev–Trinajstić information content (AvgIpc) is 3.11. The first kappa shape index (κ1) is 30.8. The molecule has 0 aliphatic carbocycles. The average molecular weight is 679 g/mol. The highest BCUT2D eigenvalue weighted by Gasteiger charge is 2.65. The summed E-state index contributed by atoms with van der Waals surface area (Å²) in [5.41, 5.74) is 4.22. The number of hydrogen-bond acceptors (Lipinski definition) is 6. The van der Waals surface area contributed by atoms with Crippen LogP contribution in [0.1, 0.15) is 31.7 Å². The number of quaternary nitrogens is 1. The quantitative estimate of drug-likeness (QED) is 0.182. The van der Waals surface area contributed by atoms with Crippen LogP contribution in [-0.2, 0) is 26.5 Å². The van der Waals surface area contributed by atoms with Crippen LogP contribution in [0.4, 0.5) is 11.4 Å². The number of nitrogens with zero attached hydrogens (tertiary/aromatic N) is 2. The molecule has 8 rings (SSSR count). The van der Waals surface area contributed by atoms with E-state index >= 15 is 16.8 Å². The van der Waals surface area contributed by atoms with Crippen molar-refractivity contribution < 1.29 is 21.6 Å². The molecule has 0 spiro atoms. The van der Waals surface area contributed by atoms with Gasteiger partial charge in [0.25, 0.3) is 0 Å². The molecule has 0 saturated carbocycles. The Labute approximate surface area is 281 Å². The lowest BCUT2D eigenvalue weighted by molar-refractivity contribution is 0.151. The second-order valence-corrected chi connectivity index (χ2v) is 16.2. The Hall–Kier alpha value is -4.48. The van der Waals surface area contributed by atoms with Gasteiger partial charge in [0.1, 0.15) is 22.4 Å². The SMILES string of the molecule is CCCC(NCC1CCc2ccccc2O1)[N+]1(N2c3ccccc3-c3ccccc3S2(=O)=O)c2ccccc2-c2ccccc2S1(=O)=O. The molecule has 244 valence electrons. The molecule has 5 aromatic rings. The van der Waals surface area contributed by atoms with Crippen molar-refractivity contribution in [2.24, 2.45) is 0 Å². The predicted molar refractivity (Wildman–Crippen MR) is 188 cm³/mol. The lowest BCUT2D eigenvalue weighted by Crippen LogP contribution is -2.76. The number of hydrogen-bond donors (Lipinski definition) is 1. The number of anilines is 1. The summed E-state index contributed by atoms with van der Waals surface area (Å²) in [7, 11) is -8.98. The van der Waals surface area contributed by atoms with Crippen LogP contribution >= 0.6 is 0 Å². The van der Waals surface area contributed by atoms with Gasteiger partial charge in [0.05, 0.1) is 4.90 Å². The summed E-state index contributed by atoms with van der Waals surface area (Å²) in [6.45, 7) is 2.31. The second kappa shape index (κ2) is 11.6. The van der Waals surface area contributed by atoms with E-state index in [1.807, 2.05) is 55.5 Å². The lowest BCUT2D eigenvalue weighted by atomic mass is 10.0. The number of aryl methyl sites for hydroxylation is 1.